The van der Waals surface area contributed by atoms with E-state index in [1.807, 2.05) is 0 Å². The molecule has 0 saturated carbocycles. The molecule has 0 aromatic heterocycles. The van der Waals surface area contributed by atoms with Crippen molar-refractivity contribution >= 4 is 17.8 Å². The maximum atomic E-state index is 12.6. The van der Waals surface area contributed by atoms with E-state index in [9.17, 15) is 14.4 Å². The Morgan fingerprint density at radius 2 is 1.73 bits per heavy atom. The predicted octanol–water partition coefficient (Wildman–Crippen LogP) is 0.559. The predicted molar refractivity (Wildman–Crippen MR) is 92.9 cm³/mol. The van der Waals surface area contributed by atoms with Gasteiger partial charge >= 0.3 is 5.97 Å². The average Bonchev–Trinajstić information content (AvgIpc) is 2.64. The molecule has 8 heteroatoms. The number of piperazine rings is 1. The van der Waals surface area contributed by atoms with Crippen molar-refractivity contribution in [1.29, 1.82) is 0 Å². The molecule has 0 radical (unpaired) electrons. The van der Waals surface area contributed by atoms with Crippen LogP contribution in [0.25, 0.3) is 0 Å². The summed E-state index contributed by atoms with van der Waals surface area (Å²) in [5.74, 6) is -0.340. The summed E-state index contributed by atoms with van der Waals surface area (Å²) in [5.41, 5.74) is 0.450. The molecule has 0 unspecified atom stereocenters. The first-order valence-corrected chi connectivity index (χ1v) is 8.43. The minimum Gasteiger partial charge on any atom is -0.427 e. The van der Waals surface area contributed by atoms with Crippen LogP contribution in [0.15, 0.2) is 24.3 Å². The third kappa shape index (κ3) is 5.82. The standard InChI is InChI=1S/C18H24N2O6/c1-14(21)26-16-5-3-4-15(12-16)18(23)20-8-6-19(7-9-20)17(22)13-25-11-10-24-2/h3-5,12H,6-11,13H2,1-2H3. The van der Waals surface area contributed by atoms with Crippen LogP contribution in [0.3, 0.4) is 0 Å². The van der Waals surface area contributed by atoms with Crippen LogP contribution in [-0.4, -0.2) is 80.7 Å². The normalized spacial score (nSPS) is 14.2. The third-order valence-corrected chi connectivity index (χ3v) is 3.92. The molecule has 1 aromatic carbocycles. The molecule has 0 atom stereocenters. The van der Waals surface area contributed by atoms with Gasteiger partial charge < -0.3 is 24.0 Å². The van der Waals surface area contributed by atoms with Crippen LogP contribution in [0.2, 0.25) is 0 Å². The van der Waals surface area contributed by atoms with Gasteiger partial charge in [-0.3, -0.25) is 14.4 Å². The first-order chi connectivity index (χ1) is 12.5. The number of amides is 2. The van der Waals surface area contributed by atoms with Gasteiger partial charge in [0.1, 0.15) is 12.4 Å². The number of carbonyl (C=O) groups is 3. The van der Waals surface area contributed by atoms with Gasteiger partial charge in [-0.2, -0.15) is 0 Å². The van der Waals surface area contributed by atoms with Gasteiger partial charge in [-0.25, -0.2) is 0 Å². The van der Waals surface area contributed by atoms with Crippen LogP contribution in [0.5, 0.6) is 5.75 Å². The summed E-state index contributed by atoms with van der Waals surface area (Å²) in [6.45, 7) is 3.96. The quantitative estimate of drug-likeness (QED) is 0.399. The Morgan fingerprint density at radius 3 is 2.38 bits per heavy atom. The number of nitrogens with zero attached hydrogens (tertiary/aromatic N) is 2. The molecule has 8 nitrogen and oxygen atoms in total. The van der Waals surface area contributed by atoms with Gasteiger partial charge in [0.05, 0.1) is 13.2 Å². The van der Waals surface area contributed by atoms with E-state index in [-0.39, 0.29) is 18.4 Å². The lowest BCUT2D eigenvalue weighted by atomic mass is 10.1. The number of methoxy groups -OCH3 is 1. The lowest BCUT2D eigenvalue weighted by molar-refractivity contribution is -0.138. The Balaban J connectivity index is 1.84. The van der Waals surface area contributed by atoms with Crippen molar-refractivity contribution in [3.63, 3.8) is 0 Å². The highest BCUT2D eigenvalue weighted by Crippen LogP contribution is 2.16. The van der Waals surface area contributed by atoms with E-state index >= 15 is 0 Å². The minimum atomic E-state index is -0.436. The third-order valence-electron chi connectivity index (χ3n) is 3.92. The van der Waals surface area contributed by atoms with Crippen LogP contribution >= 0.6 is 0 Å². The molecule has 0 spiro atoms. The SMILES string of the molecule is COCCOCC(=O)N1CCN(C(=O)c2cccc(OC(C)=O)c2)CC1. The van der Waals surface area contributed by atoms with Crippen molar-refractivity contribution in [3.05, 3.63) is 29.8 Å². The fraction of sp³-hybridized carbons (Fsp3) is 0.500. The van der Waals surface area contributed by atoms with Gasteiger partial charge in [0.25, 0.3) is 5.91 Å². The van der Waals surface area contributed by atoms with E-state index in [1.54, 1.807) is 41.2 Å². The summed E-state index contributed by atoms with van der Waals surface area (Å²) in [4.78, 5) is 39.1. The van der Waals surface area contributed by atoms with Gasteiger partial charge in [-0.1, -0.05) is 6.07 Å². The Labute approximate surface area is 152 Å². The highest BCUT2D eigenvalue weighted by molar-refractivity contribution is 5.95. The van der Waals surface area contributed by atoms with E-state index < -0.39 is 5.97 Å². The van der Waals surface area contributed by atoms with Crippen molar-refractivity contribution in [2.75, 3.05) is 53.1 Å². The Bertz CT molecular complexity index is 640. The van der Waals surface area contributed by atoms with Crippen molar-refractivity contribution in [2.45, 2.75) is 6.92 Å². The van der Waals surface area contributed by atoms with Crippen LogP contribution in [-0.2, 0) is 19.1 Å². The van der Waals surface area contributed by atoms with Gasteiger partial charge in [0, 0.05) is 45.8 Å². The number of hydrogen-bond acceptors (Lipinski definition) is 6. The summed E-state index contributed by atoms with van der Waals surface area (Å²) in [6, 6.07) is 6.52. The van der Waals surface area contributed by atoms with E-state index in [1.165, 1.54) is 6.92 Å². The minimum absolute atomic E-state index is 0.0156. The Morgan fingerprint density at radius 1 is 1.04 bits per heavy atom. The van der Waals surface area contributed by atoms with Crippen LogP contribution in [0, 0.1) is 0 Å². The monoisotopic (exact) mass is 364 g/mol. The molecule has 142 valence electrons. The largest absolute Gasteiger partial charge is 0.427 e. The molecule has 2 amide bonds. The fourth-order valence-electron chi connectivity index (χ4n) is 2.59. The smallest absolute Gasteiger partial charge is 0.308 e. The lowest BCUT2D eigenvalue weighted by Gasteiger charge is -2.34. The maximum Gasteiger partial charge on any atom is 0.308 e. The fourth-order valence-corrected chi connectivity index (χ4v) is 2.59. The highest BCUT2D eigenvalue weighted by Gasteiger charge is 2.25. The number of esters is 1. The summed E-state index contributed by atoms with van der Waals surface area (Å²) in [6.07, 6.45) is 0. The van der Waals surface area contributed by atoms with Crippen molar-refractivity contribution < 1.29 is 28.6 Å². The molecule has 1 heterocycles. The first kappa shape index (κ1) is 19.9. The second kappa shape index (κ2) is 9.88. The molecule has 1 saturated heterocycles. The van der Waals surface area contributed by atoms with Crippen LogP contribution in [0.1, 0.15) is 17.3 Å². The van der Waals surface area contributed by atoms with Crippen LogP contribution < -0.4 is 4.74 Å². The van der Waals surface area contributed by atoms with Crippen molar-refractivity contribution in [3.8, 4) is 5.75 Å². The number of ether oxygens (including phenoxy) is 3. The first-order valence-electron chi connectivity index (χ1n) is 8.43. The molecule has 1 aliphatic heterocycles. The zero-order chi connectivity index (χ0) is 18.9. The summed E-state index contributed by atoms with van der Waals surface area (Å²) in [5, 5.41) is 0. The number of benzene rings is 1. The van der Waals surface area contributed by atoms with Gasteiger partial charge in [-0.05, 0) is 18.2 Å². The zero-order valence-corrected chi connectivity index (χ0v) is 15.1. The summed E-state index contributed by atoms with van der Waals surface area (Å²) < 4.78 is 15.1. The number of hydrogen-bond donors (Lipinski definition) is 0. The highest BCUT2D eigenvalue weighted by atomic mass is 16.5. The van der Waals surface area contributed by atoms with E-state index in [4.69, 9.17) is 14.2 Å². The Kier molecular flexibility index (Phi) is 7.55. The van der Waals surface area contributed by atoms with E-state index in [2.05, 4.69) is 0 Å². The molecular formula is C18H24N2O6. The van der Waals surface area contributed by atoms with E-state index in [0.29, 0.717) is 50.7 Å². The summed E-state index contributed by atoms with van der Waals surface area (Å²) in [7, 11) is 1.57. The molecule has 0 N–H and O–H groups in total. The van der Waals surface area contributed by atoms with Crippen molar-refractivity contribution in [2.24, 2.45) is 0 Å². The molecule has 0 bridgehead atoms. The molecule has 2 rings (SSSR count). The van der Waals surface area contributed by atoms with Crippen LogP contribution in [0.4, 0.5) is 0 Å². The number of rotatable bonds is 7. The second-order valence-electron chi connectivity index (χ2n) is 5.84. The van der Waals surface area contributed by atoms with E-state index in [0.717, 1.165) is 0 Å². The second-order valence-corrected chi connectivity index (χ2v) is 5.84. The van der Waals surface area contributed by atoms with Gasteiger partial charge in [0.2, 0.25) is 5.91 Å². The molecule has 1 aliphatic rings. The number of carbonyl (C=O) groups excluding carboxylic acids is 3. The molecule has 1 aromatic rings. The topological polar surface area (TPSA) is 85.4 Å². The molecule has 1 fully saturated rings. The van der Waals surface area contributed by atoms with Crippen molar-refractivity contribution in [1.82, 2.24) is 9.80 Å². The molecule has 26 heavy (non-hydrogen) atoms. The maximum absolute atomic E-state index is 12.6. The zero-order valence-electron chi connectivity index (χ0n) is 15.1. The lowest BCUT2D eigenvalue weighted by Crippen LogP contribution is -2.51. The summed E-state index contributed by atoms with van der Waals surface area (Å²) >= 11 is 0. The Hall–Kier alpha value is -2.45. The van der Waals surface area contributed by atoms with Gasteiger partial charge in [0.15, 0.2) is 0 Å². The molecule has 0 aliphatic carbocycles. The van der Waals surface area contributed by atoms with Gasteiger partial charge in [-0.15, -0.1) is 0 Å². The molecular weight excluding hydrogens is 340 g/mol. The average molecular weight is 364 g/mol.